The number of aliphatic imine (C=N–C) groups is 2. The second kappa shape index (κ2) is 9.09. The molecule has 0 spiro atoms. The number of nitrogens with zero attached hydrogens (tertiary/aromatic N) is 3. The molecule has 0 fully saturated rings. The van der Waals surface area contributed by atoms with Crippen molar-refractivity contribution in [2.45, 2.75) is 12.5 Å². The van der Waals surface area contributed by atoms with Crippen LogP contribution in [0.2, 0.25) is 0 Å². The van der Waals surface area contributed by atoms with Gasteiger partial charge in [-0.15, -0.1) is 11.3 Å². The molecule has 1 unspecified atom stereocenters. The van der Waals surface area contributed by atoms with E-state index in [-0.39, 0.29) is 6.04 Å². The van der Waals surface area contributed by atoms with Crippen molar-refractivity contribution in [3.05, 3.63) is 156 Å². The fraction of sp³-hybridized carbons (Fsp3) is 0.0500. The fourth-order valence-electron chi connectivity index (χ4n) is 7.43. The molecule has 0 saturated carbocycles. The predicted octanol–water partition coefficient (Wildman–Crippen LogP) is 10.2. The van der Waals surface area contributed by atoms with E-state index in [0.717, 1.165) is 29.2 Å². The quantitative estimate of drug-likeness (QED) is 0.185. The third-order valence-electron chi connectivity index (χ3n) is 9.31. The van der Waals surface area contributed by atoms with Gasteiger partial charge in [-0.05, 0) is 40.5 Å². The average molecular weight is 580 g/mol. The highest BCUT2D eigenvalue weighted by molar-refractivity contribution is 7.27. The number of hydrogen-bond acceptors (Lipinski definition) is 3. The summed E-state index contributed by atoms with van der Waals surface area (Å²) in [4.78, 5) is 11.0. The van der Waals surface area contributed by atoms with Crippen LogP contribution in [0.3, 0.4) is 0 Å². The van der Waals surface area contributed by atoms with Crippen LogP contribution in [0.4, 0.5) is 0 Å². The Morgan fingerprint density at radius 1 is 0.636 bits per heavy atom. The first-order valence-electron chi connectivity index (χ1n) is 15.1. The number of benzene rings is 6. The van der Waals surface area contributed by atoms with Gasteiger partial charge in [0.1, 0.15) is 6.04 Å². The van der Waals surface area contributed by atoms with E-state index in [1.807, 2.05) is 11.3 Å². The smallest absolute Gasteiger partial charge is 0.231 e. The minimum absolute atomic E-state index is 0.114. The Balaban J connectivity index is 1.39. The van der Waals surface area contributed by atoms with Crippen molar-refractivity contribution in [2.24, 2.45) is 9.98 Å². The van der Waals surface area contributed by atoms with Crippen LogP contribution in [0.1, 0.15) is 22.7 Å². The zero-order valence-electron chi connectivity index (χ0n) is 23.7. The van der Waals surface area contributed by atoms with Crippen LogP contribution in [-0.2, 0) is 6.42 Å². The van der Waals surface area contributed by atoms with E-state index in [1.165, 1.54) is 63.9 Å². The monoisotopic (exact) mass is 579 g/mol. The van der Waals surface area contributed by atoms with Crippen molar-refractivity contribution in [2.75, 3.05) is 0 Å². The molecule has 206 valence electrons. The first-order chi connectivity index (χ1) is 21.8. The van der Waals surface area contributed by atoms with Gasteiger partial charge >= 0.3 is 0 Å². The summed E-state index contributed by atoms with van der Waals surface area (Å²) < 4.78 is 4.93. The number of hydrogen-bond donors (Lipinski definition) is 0. The van der Waals surface area contributed by atoms with Crippen molar-refractivity contribution in [1.29, 1.82) is 0 Å². The van der Waals surface area contributed by atoms with E-state index >= 15 is 0 Å². The molecule has 1 aliphatic heterocycles. The Kier molecular flexibility index (Phi) is 4.99. The van der Waals surface area contributed by atoms with Crippen LogP contribution >= 0.6 is 11.3 Å². The molecule has 1 aliphatic carbocycles. The lowest BCUT2D eigenvalue weighted by atomic mass is 9.83. The highest BCUT2D eigenvalue weighted by Gasteiger charge is 2.32. The fourth-order valence-corrected chi connectivity index (χ4v) is 8.69. The summed E-state index contributed by atoms with van der Waals surface area (Å²) in [7, 11) is 0. The molecule has 2 aliphatic rings. The third kappa shape index (κ3) is 3.26. The lowest BCUT2D eigenvalue weighted by molar-refractivity contribution is 0.818. The highest BCUT2D eigenvalue weighted by atomic mass is 32.1. The summed E-state index contributed by atoms with van der Waals surface area (Å²) in [5.74, 6) is 0.739. The number of rotatable bonds is 1. The molecule has 6 aromatic carbocycles. The van der Waals surface area contributed by atoms with Crippen molar-refractivity contribution in [1.82, 2.24) is 4.57 Å². The van der Waals surface area contributed by atoms with Crippen molar-refractivity contribution in [3.8, 4) is 0 Å². The molecule has 2 aromatic heterocycles. The molecule has 0 bridgehead atoms. The standard InChI is InChI=1S/C40H25N3S/c1-2-13-25(14-3-1)36-31-23-22-24-12-4-5-15-26(24)37(31)42-40(41-36)43-32-20-10-8-18-29(32)34-27-16-6-7-17-28(27)35-30-19-9-11-21-33(30)44-39(35)38(34)43/h1-21,23,37H,22H2. The molecule has 4 heteroatoms. The van der Waals surface area contributed by atoms with Gasteiger partial charge in [0.25, 0.3) is 0 Å². The van der Waals surface area contributed by atoms with E-state index in [1.54, 1.807) is 0 Å². The van der Waals surface area contributed by atoms with Gasteiger partial charge in [-0.25, -0.2) is 9.98 Å². The van der Waals surface area contributed by atoms with Crippen LogP contribution in [-0.4, -0.2) is 16.2 Å². The number of aromatic nitrogens is 1. The van der Waals surface area contributed by atoms with E-state index in [2.05, 4.69) is 138 Å². The molecular weight excluding hydrogens is 555 g/mol. The van der Waals surface area contributed by atoms with Gasteiger partial charge < -0.3 is 0 Å². The molecular formula is C40H25N3S. The molecule has 44 heavy (non-hydrogen) atoms. The van der Waals surface area contributed by atoms with Crippen molar-refractivity contribution in [3.63, 3.8) is 0 Å². The summed E-state index contributed by atoms with van der Waals surface area (Å²) in [6.07, 6.45) is 3.23. The molecule has 0 saturated heterocycles. The summed E-state index contributed by atoms with van der Waals surface area (Å²) in [6.45, 7) is 0. The van der Waals surface area contributed by atoms with Crippen molar-refractivity contribution >= 4 is 75.8 Å². The van der Waals surface area contributed by atoms with Gasteiger partial charge in [-0.1, -0.05) is 121 Å². The van der Waals surface area contributed by atoms with E-state index < -0.39 is 0 Å². The Morgan fingerprint density at radius 2 is 1.32 bits per heavy atom. The summed E-state index contributed by atoms with van der Waals surface area (Å²) in [6, 6.07) is 45.7. The minimum atomic E-state index is -0.114. The van der Waals surface area contributed by atoms with E-state index in [9.17, 15) is 0 Å². The Bertz CT molecular complexity index is 2580. The lowest BCUT2D eigenvalue weighted by Crippen LogP contribution is -2.26. The highest BCUT2D eigenvalue weighted by Crippen LogP contribution is 2.47. The summed E-state index contributed by atoms with van der Waals surface area (Å²) >= 11 is 1.87. The zero-order chi connectivity index (χ0) is 28.8. The minimum Gasteiger partial charge on any atom is -0.277 e. The normalized spacial score (nSPS) is 16.3. The third-order valence-corrected chi connectivity index (χ3v) is 10.5. The van der Waals surface area contributed by atoms with Gasteiger partial charge in [0.2, 0.25) is 5.96 Å². The first-order valence-corrected chi connectivity index (χ1v) is 15.9. The molecule has 3 nitrogen and oxygen atoms in total. The van der Waals surface area contributed by atoms with Gasteiger partial charge in [0.05, 0.1) is 21.4 Å². The van der Waals surface area contributed by atoms with Crippen LogP contribution < -0.4 is 0 Å². The SMILES string of the molecule is C1=C2C(c3ccccc3)=NC(n3c4ccccc4c4c5ccccc5c5c6ccccc6sc5c43)=NC2c2ccccc2C1. The van der Waals surface area contributed by atoms with E-state index in [4.69, 9.17) is 9.98 Å². The first kappa shape index (κ1) is 24.2. The molecule has 0 amide bonds. The Labute approximate surface area is 257 Å². The second-order valence-electron chi connectivity index (χ2n) is 11.6. The van der Waals surface area contributed by atoms with E-state index in [0.29, 0.717) is 0 Å². The second-order valence-corrected chi connectivity index (χ2v) is 12.7. The Morgan fingerprint density at radius 3 is 2.18 bits per heavy atom. The number of allylic oxidation sites excluding steroid dienone is 1. The predicted molar refractivity (Wildman–Crippen MR) is 187 cm³/mol. The molecule has 3 heterocycles. The molecule has 1 atom stereocenters. The average Bonchev–Trinajstić information content (AvgIpc) is 3.65. The molecule has 0 N–H and O–H groups in total. The summed E-state index contributed by atoms with van der Waals surface area (Å²) in [5, 5.41) is 7.65. The van der Waals surface area contributed by atoms with Crippen LogP contribution in [0, 0.1) is 0 Å². The number of para-hydroxylation sites is 1. The van der Waals surface area contributed by atoms with Crippen LogP contribution in [0.25, 0.3) is 52.8 Å². The topological polar surface area (TPSA) is 29.6 Å². The van der Waals surface area contributed by atoms with Crippen LogP contribution in [0.15, 0.2) is 149 Å². The van der Waals surface area contributed by atoms with Crippen molar-refractivity contribution < 1.29 is 0 Å². The maximum absolute atomic E-state index is 5.53. The summed E-state index contributed by atoms with van der Waals surface area (Å²) in [5.41, 5.74) is 8.24. The lowest BCUT2D eigenvalue weighted by Gasteiger charge is -2.29. The Hall–Kier alpha value is -5.32. The van der Waals surface area contributed by atoms with Crippen LogP contribution in [0.5, 0.6) is 0 Å². The largest absolute Gasteiger partial charge is 0.277 e. The van der Waals surface area contributed by atoms with Gasteiger partial charge in [0, 0.05) is 37.4 Å². The molecule has 8 aromatic rings. The molecule has 10 rings (SSSR count). The molecule has 0 radical (unpaired) electrons. The van der Waals surface area contributed by atoms with Gasteiger partial charge in [-0.2, -0.15) is 0 Å². The maximum atomic E-state index is 5.53. The van der Waals surface area contributed by atoms with Gasteiger partial charge in [-0.3, -0.25) is 4.57 Å². The number of thiophene rings is 1. The number of fused-ring (bicyclic) bond motifs is 13. The maximum Gasteiger partial charge on any atom is 0.231 e. The van der Waals surface area contributed by atoms with Gasteiger partial charge in [0.15, 0.2) is 0 Å². The zero-order valence-corrected chi connectivity index (χ0v) is 24.6.